The van der Waals surface area contributed by atoms with E-state index in [4.69, 9.17) is 9.84 Å². The number of rotatable bonds is 4. The second kappa shape index (κ2) is 4.70. The van der Waals surface area contributed by atoms with Gasteiger partial charge in [-0.25, -0.2) is 9.48 Å². The Kier molecular flexibility index (Phi) is 3.09. The number of carbonyl (C=O) groups excluding carboxylic acids is 1. The number of carbonyl (C=O) groups is 2. The number of ether oxygens (including phenoxy) is 1. The molecule has 0 amide bonds. The average Bonchev–Trinajstić information content (AvgIpc) is 2.83. The molecule has 0 spiro atoms. The van der Waals surface area contributed by atoms with Crippen molar-refractivity contribution in [1.82, 2.24) is 9.78 Å². The number of methoxy groups -OCH3 is 1. The average molecular weight is 246 g/mol. The molecule has 6 nitrogen and oxygen atoms in total. The molecular formula is C12H10N2O4. The number of nitrogens with zero attached hydrogens (tertiary/aromatic N) is 2. The predicted molar refractivity (Wildman–Crippen MR) is 62.5 cm³/mol. The van der Waals surface area contributed by atoms with Crippen molar-refractivity contribution in [2.45, 2.75) is 0 Å². The lowest BCUT2D eigenvalue weighted by molar-refractivity contribution is 0.0687. The minimum absolute atomic E-state index is 0.0401. The number of aldehydes is 1. The van der Waals surface area contributed by atoms with E-state index in [0.29, 0.717) is 17.7 Å². The van der Waals surface area contributed by atoms with Crippen LogP contribution in [0.1, 0.15) is 20.8 Å². The molecule has 1 N–H and O–H groups in total. The minimum Gasteiger partial charge on any atom is -0.497 e. The molecule has 92 valence electrons. The molecule has 0 fully saturated rings. The smallest absolute Gasteiger partial charge is 0.357 e. The van der Waals surface area contributed by atoms with Crippen molar-refractivity contribution < 1.29 is 19.4 Å². The van der Waals surface area contributed by atoms with Crippen LogP contribution < -0.4 is 4.74 Å². The van der Waals surface area contributed by atoms with Crippen molar-refractivity contribution in [3.05, 3.63) is 41.7 Å². The molecular weight excluding hydrogens is 236 g/mol. The van der Waals surface area contributed by atoms with Crippen LogP contribution in [0.15, 0.2) is 30.5 Å². The molecule has 6 heteroatoms. The van der Waals surface area contributed by atoms with Crippen LogP contribution >= 0.6 is 0 Å². The summed E-state index contributed by atoms with van der Waals surface area (Å²) in [5.41, 5.74) is 0.422. The van der Waals surface area contributed by atoms with Gasteiger partial charge in [-0.05, 0) is 24.3 Å². The maximum atomic E-state index is 10.9. The second-order valence-corrected chi connectivity index (χ2v) is 3.50. The number of carboxylic acids is 1. The fourth-order valence-electron chi connectivity index (χ4n) is 1.51. The summed E-state index contributed by atoms with van der Waals surface area (Å²) < 4.78 is 6.35. The van der Waals surface area contributed by atoms with Crippen LogP contribution in [0.25, 0.3) is 5.69 Å². The van der Waals surface area contributed by atoms with Crippen molar-refractivity contribution in [1.29, 1.82) is 0 Å². The van der Waals surface area contributed by atoms with Crippen LogP contribution in [0, 0.1) is 0 Å². The molecule has 0 radical (unpaired) electrons. The largest absolute Gasteiger partial charge is 0.497 e. The standard InChI is InChI=1S/C12H10N2O4/c1-18-10-4-2-9(3-5-10)14-6-8(7-15)11(13-14)12(16)17/h2-7H,1H3,(H,16,17). The lowest BCUT2D eigenvalue weighted by Gasteiger charge is -2.02. The van der Waals surface area contributed by atoms with Crippen LogP contribution in [-0.2, 0) is 0 Å². The summed E-state index contributed by atoms with van der Waals surface area (Å²) >= 11 is 0. The molecule has 1 aromatic carbocycles. The Hall–Kier alpha value is -2.63. The number of aromatic carboxylic acids is 1. The fourth-order valence-corrected chi connectivity index (χ4v) is 1.51. The van der Waals surface area contributed by atoms with Gasteiger partial charge in [-0.1, -0.05) is 0 Å². The Labute approximate surface area is 102 Å². The van der Waals surface area contributed by atoms with E-state index < -0.39 is 5.97 Å². The molecule has 18 heavy (non-hydrogen) atoms. The highest BCUT2D eigenvalue weighted by Gasteiger charge is 2.15. The van der Waals surface area contributed by atoms with E-state index in [2.05, 4.69) is 5.10 Å². The summed E-state index contributed by atoms with van der Waals surface area (Å²) in [6, 6.07) is 6.87. The first-order chi connectivity index (χ1) is 8.65. The van der Waals surface area contributed by atoms with Crippen molar-refractivity contribution in [3.63, 3.8) is 0 Å². The Morgan fingerprint density at radius 2 is 2.06 bits per heavy atom. The van der Waals surface area contributed by atoms with Crippen LogP contribution in [0.4, 0.5) is 0 Å². The van der Waals surface area contributed by atoms with E-state index in [-0.39, 0.29) is 11.3 Å². The monoisotopic (exact) mass is 246 g/mol. The zero-order valence-electron chi connectivity index (χ0n) is 9.53. The molecule has 1 heterocycles. The molecule has 2 rings (SSSR count). The summed E-state index contributed by atoms with van der Waals surface area (Å²) in [6.45, 7) is 0. The summed E-state index contributed by atoms with van der Waals surface area (Å²) in [6.07, 6.45) is 1.84. The molecule has 2 aromatic rings. The highest BCUT2D eigenvalue weighted by molar-refractivity contribution is 5.95. The quantitative estimate of drug-likeness (QED) is 0.824. The van der Waals surface area contributed by atoms with Gasteiger partial charge in [-0.3, -0.25) is 4.79 Å². The van der Waals surface area contributed by atoms with Crippen molar-refractivity contribution in [3.8, 4) is 11.4 Å². The number of benzene rings is 1. The number of hydrogen-bond acceptors (Lipinski definition) is 4. The van der Waals surface area contributed by atoms with Gasteiger partial charge in [0.1, 0.15) is 5.75 Å². The van der Waals surface area contributed by atoms with Gasteiger partial charge in [0, 0.05) is 6.20 Å². The van der Waals surface area contributed by atoms with Crippen LogP contribution in [0.5, 0.6) is 5.75 Å². The zero-order valence-corrected chi connectivity index (χ0v) is 9.53. The van der Waals surface area contributed by atoms with Gasteiger partial charge in [-0.15, -0.1) is 0 Å². The minimum atomic E-state index is -1.23. The molecule has 0 saturated heterocycles. The van der Waals surface area contributed by atoms with Gasteiger partial charge < -0.3 is 9.84 Å². The van der Waals surface area contributed by atoms with Gasteiger partial charge in [-0.2, -0.15) is 5.10 Å². The molecule has 0 bridgehead atoms. The Morgan fingerprint density at radius 3 is 2.50 bits per heavy atom. The predicted octanol–water partition coefficient (Wildman–Crippen LogP) is 1.39. The summed E-state index contributed by atoms with van der Waals surface area (Å²) in [7, 11) is 1.55. The van der Waals surface area contributed by atoms with E-state index >= 15 is 0 Å². The normalized spacial score (nSPS) is 10.1. The first kappa shape index (κ1) is 11.8. The van der Waals surface area contributed by atoms with E-state index in [1.165, 1.54) is 10.9 Å². The molecule has 0 aliphatic carbocycles. The number of aromatic nitrogens is 2. The first-order valence-electron chi connectivity index (χ1n) is 5.08. The third kappa shape index (κ3) is 2.08. The summed E-state index contributed by atoms with van der Waals surface area (Å²) in [5, 5.41) is 12.7. The zero-order chi connectivity index (χ0) is 13.1. The molecule has 0 saturated carbocycles. The third-order valence-corrected chi connectivity index (χ3v) is 2.41. The van der Waals surface area contributed by atoms with E-state index in [1.54, 1.807) is 31.4 Å². The summed E-state index contributed by atoms with van der Waals surface area (Å²) in [4.78, 5) is 21.6. The van der Waals surface area contributed by atoms with Gasteiger partial charge in [0.05, 0.1) is 18.4 Å². The Balaban J connectivity index is 2.44. The molecule has 0 unspecified atom stereocenters. The first-order valence-corrected chi connectivity index (χ1v) is 5.08. The van der Waals surface area contributed by atoms with E-state index in [0.717, 1.165) is 0 Å². The maximum Gasteiger partial charge on any atom is 0.357 e. The second-order valence-electron chi connectivity index (χ2n) is 3.50. The lowest BCUT2D eigenvalue weighted by atomic mass is 10.3. The topological polar surface area (TPSA) is 81.4 Å². The lowest BCUT2D eigenvalue weighted by Crippen LogP contribution is -2.02. The van der Waals surface area contributed by atoms with E-state index in [9.17, 15) is 9.59 Å². The Morgan fingerprint density at radius 1 is 1.39 bits per heavy atom. The highest BCUT2D eigenvalue weighted by Crippen LogP contribution is 2.16. The van der Waals surface area contributed by atoms with Crippen molar-refractivity contribution in [2.24, 2.45) is 0 Å². The van der Waals surface area contributed by atoms with Crippen LogP contribution in [0.3, 0.4) is 0 Å². The number of carboxylic acid groups (broad SMARTS) is 1. The fraction of sp³-hybridized carbons (Fsp3) is 0.0833. The molecule has 0 aliphatic heterocycles. The molecule has 0 aliphatic rings. The van der Waals surface area contributed by atoms with Crippen LogP contribution in [-0.4, -0.2) is 34.3 Å². The highest BCUT2D eigenvalue weighted by atomic mass is 16.5. The van der Waals surface area contributed by atoms with Gasteiger partial charge in [0.25, 0.3) is 0 Å². The van der Waals surface area contributed by atoms with Crippen molar-refractivity contribution >= 4 is 12.3 Å². The molecule has 1 aromatic heterocycles. The summed E-state index contributed by atoms with van der Waals surface area (Å²) in [5.74, 6) is -0.552. The third-order valence-electron chi connectivity index (χ3n) is 2.41. The number of hydrogen-bond donors (Lipinski definition) is 1. The maximum absolute atomic E-state index is 10.9. The Bertz CT molecular complexity index is 587. The SMILES string of the molecule is COc1ccc(-n2cc(C=O)c(C(=O)O)n2)cc1. The molecule has 0 atom stereocenters. The van der Waals surface area contributed by atoms with Gasteiger partial charge >= 0.3 is 5.97 Å². The van der Waals surface area contributed by atoms with Gasteiger partial charge in [0.15, 0.2) is 12.0 Å². The van der Waals surface area contributed by atoms with Crippen molar-refractivity contribution in [2.75, 3.05) is 7.11 Å². The van der Waals surface area contributed by atoms with Gasteiger partial charge in [0.2, 0.25) is 0 Å². The van der Waals surface area contributed by atoms with E-state index in [1.807, 2.05) is 0 Å². The van der Waals surface area contributed by atoms with Crippen LogP contribution in [0.2, 0.25) is 0 Å².